The first kappa shape index (κ1) is 13.9. The van der Waals surface area contributed by atoms with Gasteiger partial charge in [0.1, 0.15) is 5.69 Å². The Balaban J connectivity index is 2.17. The summed E-state index contributed by atoms with van der Waals surface area (Å²) in [6.45, 7) is 8.79. The molecule has 5 heteroatoms. The van der Waals surface area contributed by atoms with Gasteiger partial charge in [-0.05, 0) is 31.6 Å². The van der Waals surface area contributed by atoms with Crippen LogP contribution in [0.2, 0.25) is 0 Å². The SMILES string of the molecule is CCn1ncc(N)c1C(=O)N1CCCC(C)(C)CC1. The number of hydrogen-bond donors (Lipinski definition) is 1. The smallest absolute Gasteiger partial charge is 0.274 e. The molecule has 5 nitrogen and oxygen atoms in total. The normalized spacial score (nSPS) is 19.2. The Kier molecular flexibility index (Phi) is 3.83. The molecule has 0 aromatic carbocycles. The molecule has 1 saturated heterocycles. The van der Waals surface area contributed by atoms with E-state index in [9.17, 15) is 4.79 Å². The van der Waals surface area contributed by atoms with Crippen LogP contribution < -0.4 is 5.73 Å². The fourth-order valence-electron chi connectivity index (χ4n) is 2.65. The first-order valence-electron chi connectivity index (χ1n) is 7.05. The molecule has 0 bridgehead atoms. The molecule has 1 fully saturated rings. The van der Waals surface area contributed by atoms with Gasteiger partial charge in [0, 0.05) is 19.6 Å². The molecule has 1 amide bonds. The van der Waals surface area contributed by atoms with E-state index in [-0.39, 0.29) is 5.91 Å². The van der Waals surface area contributed by atoms with Crippen LogP contribution in [0.4, 0.5) is 5.69 Å². The van der Waals surface area contributed by atoms with Crippen molar-refractivity contribution in [3.8, 4) is 0 Å². The average molecular weight is 264 g/mol. The molecule has 0 radical (unpaired) electrons. The van der Waals surface area contributed by atoms with Crippen LogP contribution in [0.3, 0.4) is 0 Å². The molecule has 2 heterocycles. The first-order chi connectivity index (χ1) is 8.94. The van der Waals surface area contributed by atoms with Gasteiger partial charge in [-0.3, -0.25) is 9.48 Å². The Morgan fingerprint density at radius 3 is 2.84 bits per heavy atom. The summed E-state index contributed by atoms with van der Waals surface area (Å²) in [6.07, 6.45) is 4.83. The van der Waals surface area contributed by atoms with Crippen molar-refractivity contribution in [1.82, 2.24) is 14.7 Å². The minimum absolute atomic E-state index is 0.0227. The summed E-state index contributed by atoms with van der Waals surface area (Å²) in [5.41, 5.74) is 7.24. The lowest BCUT2D eigenvalue weighted by Gasteiger charge is -2.23. The van der Waals surface area contributed by atoms with Gasteiger partial charge in [0.2, 0.25) is 0 Å². The number of carbonyl (C=O) groups is 1. The predicted octanol–water partition coefficient (Wildman–Crippen LogP) is 2.14. The molecule has 2 rings (SSSR count). The highest BCUT2D eigenvalue weighted by Gasteiger charge is 2.28. The van der Waals surface area contributed by atoms with Crippen LogP contribution >= 0.6 is 0 Å². The second-order valence-electron chi connectivity index (χ2n) is 6.07. The van der Waals surface area contributed by atoms with Crippen molar-refractivity contribution in [2.45, 2.75) is 46.6 Å². The lowest BCUT2D eigenvalue weighted by Crippen LogP contribution is -2.34. The quantitative estimate of drug-likeness (QED) is 0.890. The third-order valence-corrected chi connectivity index (χ3v) is 4.00. The highest BCUT2D eigenvalue weighted by Crippen LogP contribution is 2.30. The van der Waals surface area contributed by atoms with Gasteiger partial charge in [-0.15, -0.1) is 0 Å². The van der Waals surface area contributed by atoms with E-state index in [4.69, 9.17) is 5.73 Å². The van der Waals surface area contributed by atoms with Crippen LogP contribution in [0.25, 0.3) is 0 Å². The zero-order valence-corrected chi connectivity index (χ0v) is 12.1. The number of aromatic nitrogens is 2. The average Bonchev–Trinajstić information content (AvgIpc) is 2.63. The van der Waals surface area contributed by atoms with E-state index in [0.717, 1.165) is 25.9 Å². The summed E-state index contributed by atoms with van der Waals surface area (Å²) in [5, 5.41) is 4.15. The second-order valence-corrected chi connectivity index (χ2v) is 6.07. The van der Waals surface area contributed by atoms with Crippen LogP contribution in [0.15, 0.2) is 6.20 Å². The van der Waals surface area contributed by atoms with E-state index >= 15 is 0 Å². The maximum absolute atomic E-state index is 12.6. The van der Waals surface area contributed by atoms with Crippen molar-refractivity contribution in [2.75, 3.05) is 18.8 Å². The number of nitrogen functional groups attached to an aromatic ring is 1. The summed E-state index contributed by atoms with van der Waals surface area (Å²) in [5.74, 6) is 0.0227. The van der Waals surface area contributed by atoms with E-state index in [1.807, 2.05) is 11.8 Å². The van der Waals surface area contributed by atoms with Crippen molar-refractivity contribution < 1.29 is 4.79 Å². The predicted molar refractivity (Wildman–Crippen MR) is 75.8 cm³/mol. The molecular formula is C14H24N4O. The van der Waals surface area contributed by atoms with Crippen LogP contribution in [0.5, 0.6) is 0 Å². The van der Waals surface area contributed by atoms with Gasteiger partial charge in [0.15, 0.2) is 0 Å². The van der Waals surface area contributed by atoms with Crippen molar-refractivity contribution in [2.24, 2.45) is 5.41 Å². The fourth-order valence-corrected chi connectivity index (χ4v) is 2.65. The van der Waals surface area contributed by atoms with Crippen LogP contribution in [-0.4, -0.2) is 33.7 Å². The van der Waals surface area contributed by atoms with E-state index in [2.05, 4.69) is 18.9 Å². The van der Waals surface area contributed by atoms with Crippen LogP contribution in [0.1, 0.15) is 50.5 Å². The highest BCUT2D eigenvalue weighted by molar-refractivity contribution is 5.97. The summed E-state index contributed by atoms with van der Waals surface area (Å²) in [4.78, 5) is 14.5. The van der Waals surface area contributed by atoms with Crippen LogP contribution in [-0.2, 0) is 6.54 Å². The standard InChI is InChI=1S/C14H24N4O/c1-4-18-12(11(15)10-16-18)13(19)17-8-5-6-14(2,3)7-9-17/h10H,4-9,15H2,1-3H3. The summed E-state index contributed by atoms with van der Waals surface area (Å²) >= 11 is 0. The van der Waals surface area contributed by atoms with Crippen molar-refractivity contribution in [1.29, 1.82) is 0 Å². The van der Waals surface area contributed by atoms with Gasteiger partial charge in [-0.1, -0.05) is 13.8 Å². The van der Waals surface area contributed by atoms with E-state index in [0.29, 0.717) is 23.3 Å². The number of carbonyl (C=O) groups excluding carboxylic acids is 1. The van der Waals surface area contributed by atoms with Gasteiger partial charge in [-0.25, -0.2) is 0 Å². The Bertz CT molecular complexity index is 464. The molecule has 19 heavy (non-hydrogen) atoms. The second kappa shape index (κ2) is 5.23. The number of amides is 1. The molecule has 0 unspecified atom stereocenters. The van der Waals surface area contributed by atoms with Gasteiger partial charge in [0.25, 0.3) is 5.91 Å². The van der Waals surface area contributed by atoms with E-state index in [1.54, 1.807) is 10.9 Å². The molecule has 1 aliphatic heterocycles. The number of nitrogens with two attached hydrogens (primary N) is 1. The van der Waals surface area contributed by atoms with Crippen LogP contribution in [0, 0.1) is 5.41 Å². The first-order valence-corrected chi connectivity index (χ1v) is 7.05. The lowest BCUT2D eigenvalue weighted by molar-refractivity contribution is 0.0746. The Labute approximate surface area is 114 Å². The molecule has 0 aliphatic carbocycles. The molecule has 1 aromatic heterocycles. The molecule has 1 aromatic rings. The molecule has 2 N–H and O–H groups in total. The number of hydrogen-bond acceptors (Lipinski definition) is 3. The monoisotopic (exact) mass is 264 g/mol. The van der Waals surface area contributed by atoms with Gasteiger partial charge < -0.3 is 10.6 Å². The van der Waals surface area contributed by atoms with Gasteiger partial charge in [0.05, 0.1) is 11.9 Å². The highest BCUT2D eigenvalue weighted by atomic mass is 16.2. The Morgan fingerprint density at radius 2 is 2.16 bits per heavy atom. The number of rotatable bonds is 2. The molecular weight excluding hydrogens is 240 g/mol. The number of nitrogens with zero attached hydrogens (tertiary/aromatic N) is 3. The third-order valence-electron chi connectivity index (χ3n) is 4.00. The lowest BCUT2D eigenvalue weighted by atomic mass is 9.85. The van der Waals surface area contributed by atoms with Crippen molar-refractivity contribution in [3.63, 3.8) is 0 Å². The number of likely N-dealkylation sites (tertiary alicyclic amines) is 1. The maximum Gasteiger partial charge on any atom is 0.274 e. The molecule has 1 aliphatic rings. The molecule has 106 valence electrons. The summed E-state index contributed by atoms with van der Waals surface area (Å²) in [6, 6.07) is 0. The van der Waals surface area contributed by atoms with Crippen molar-refractivity contribution >= 4 is 11.6 Å². The minimum atomic E-state index is 0.0227. The zero-order chi connectivity index (χ0) is 14.0. The largest absolute Gasteiger partial charge is 0.396 e. The van der Waals surface area contributed by atoms with E-state index < -0.39 is 0 Å². The van der Waals surface area contributed by atoms with E-state index in [1.165, 1.54) is 6.42 Å². The minimum Gasteiger partial charge on any atom is -0.396 e. The van der Waals surface area contributed by atoms with Gasteiger partial charge in [-0.2, -0.15) is 5.10 Å². The third kappa shape index (κ3) is 2.91. The maximum atomic E-state index is 12.6. The zero-order valence-electron chi connectivity index (χ0n) is 12.1. The number of aryl methyl sites for hydroxylation is 1. The Morgan fingerprint density at radius 1 is 1.42 bits per heavy atom. The van der Waals surface area contributed by atoms with Crippen molar-refractivity contribution in [3.05, 3.63) is 11.9 Å². The molecule has 0 saturated carbocycles. The Hall–Kier alpha value is -1.52. The topological polar surface area (TPSA) is 64.2 Å². The molecule has 0 atom stereocenters. The summed E-state index contributed by atoms with van der Waals surface area (Å²) < 4.78 is 1.69. The number of anilines is 1. The van der Waals surface area contributed by atoms with Gasteiger partial charge >= 0.3 is 0 Å². The summed E-state index contributed by atoms with van der Waals surface area (Å²) in [7, 11) is 0. The molecule has 0 spiro atoms. The fraction of sp³-hybridized carbons (Fsp3) is 0.714.